The molecule has 0 rings (SSSR count). The van der Waals surface area contributed by atoms with Gasteiger partial charge in [0.25, 0.3) is 0 Å². The Kier molecular flexibility index (Phi) is 45.1. The van der Waals surface area contributed by atoms with E-state index in [1.54, 1.807) is 0 Å². The van der Waals surface area contributed by atoms with E-state index in [4.69, 9.17) is 10.5 Å². The molecule has 0 heterocycles. The van der Waals surface area contributed by atoms with E-state index in [1.165, 1.54) is 257 Å². The predicted molar refractivity (Wildman–Crippen MR) is 229 cm³/mol. The smallest absolute Gasteiger partial charge is 0.322 e. The Balaban J connectivity index is 3.24. The fraction of sp³-hybridized carbons (Fsp3) is 0.979. The van der Waals surface area contributed by atoms with Gasteiger partial charge < -0.3 is 10.5 Å². The zero-order valence-corrected chi connectivity index (χ0v) is 35.6. The number of esters is 1. The van der Waals surface area contributed by atoms with Crippen LogP contribution in [0.25, 0.3) is 0 Å². The van der Waals surface area contributed by atoms with Gasteiger partial charge in [-0.1, -0.05) is 277 Å². The van der Waals surface area contributed by atoms with Crippen LogP contribution in [0.5, 0.6) is 0 Å². The molecule has 0 aromatic rings. The van der Waals surface area contributed by atoms with Gasteiger partial charge >= 0.3 is 5.97 Å². The van der Waals surface area contributed by atoms with Crippen LogP contribution in [0.3, 0.4) is 0 Å². The summed E-state index contributed by atoms with van der Waals surface area (Å²) in [5.41, 5.74) is 6.12. The third kappa shape index (κ3) is 43.7. The fourth-order valence-electron chi connectivity index (χ4n) is 7.73. The van der Waals surface area contributed by atoms with Crippen LogP contribution < -0.4 is 5.73 Å². The molecule has 0 aliphatic heterocycles. The van der Waals surface area contributed by atoms with Gasteiger partial charge in [-0.3, -0.25) is 4.79 Å². The lowest BCUT2D eigenvalue weighted by Gasteiger charge is -2.11. The molecule has 0 aliphatic rings. The lowest BCUT2D eigenvalue weighted by molar-refractivity contribution is -0.145. The van der Waals surface area contributed by atoms with Crippen LogP contribution in [-0.2, 0) is 9.53 Å². The summed E-state index contributed by atoms with van der Waals surface area (Å²) in [5, 5.41) is 0. The Morgan fingerprint density at radius 3 is 0.765 bits per heavy atom. The Labute approximate surface area is 323 Å². The molecule has 0 radical (unpaired) electrons. The molecule has 0 aromatic heterocycles. The van der Waals surface area contributed by atoms with Gasteiger partial charge in [0, 0.05) is 0 Å². The van der Waals surface area contributed by atoms with Crippen molar-refractivity contribution in [2.45, 2.75) is 296 Å². The van der Waals surface area contributed by atoms with E-state index in [9.17, 15) is 4.79 Å². The first-order valence-electron chi connectivity index (χ1n) is 24.1. The van der Waals surface area contributed by atoms with Crippen LogP contribution in [0.15, 0.2) is 0 Å². The van der Waals surface area contributed by atoms with Crippen molar-refractivity contribution < 1.29 is 9.53 Å². The first kappa shape index (κ1) is 50.4. The molecule has 0 spiro atoms. The summed E-state index contributed by atoms with van der Waals surface area (Å²) in [6, 6.07) is -0.430. The van der Waals surface area contributed by atoms with E-state index >= 15 is 0 Å². The lowest BCUT2D eigenvalue weighted by Crippen LogP contribution is -2.32. The number of hydrogen-bond acceptors (Lipinski definition) is 3. The maximum absolute atomic E-state index is 12.2. The standard InChI is InChI=1S/C48H97NO2/c1-3-5-7-9-11-13-15-17-19-21-23-25-26-27-29-31-33-35-37-39-41-43-45-47(49)48(50)51-46-44-42-40-38-36-34-32-30-28-24-22-20-18-16-14-12-10-8-6-4-2/h47H,3-46,49H2,1-2H3. The highest BCUT2D eigenvalue weighted by atomic mass is 16.5. The quantitative estimate of drug-likeness (QED) is 0.0503. The molecule has 0 aromatic carbocycles. The first-order chi connectivity index (χ1) is 25.2. The molecule has 306 valence electrons. The third-order valence-corrected chi connectivity index (χ3v) is 11.4. The van der Waals surface area contributed by atoms with E-state index in [1.807, 2.05) is 0 Å². The minimum absolute atomic E-state index is 0.184. The Hall–Kier alpha value is -0.570. The van der Waals surface area contributed by atoms with Crippen LogP contribution in [0.2, 0.25) is 0 Å². The molecule has 0 fully saturated rings. The summed E-state index contributed by atoms with van der Waals surface area (Å²) in [7, 11) is 0. The average molecular weight is 720 g/mol. The second kappa shape index (κ2) is 45.6. The number of carbonyl (C=O) groups is 1. The van der Waals surface area contributed by atoms with Crippen LogP contribution >= 0.6 is 0 Å². The third-order valence-electron chi connectivity index (χ3n) is 11.4. The number of unbranched alkanes of at least 4 members (excludes halogenated alkanes) is 40. The van der Waals surface area contributed by atoms with Gasteiger partial charge in [-0.05, 0) is 12.8 Å². The molecule has 3 heteroatoms. The second-order valence-corrected chi connectivity index (χ2v) is 16.7. The first-order valence-corrected chi connectivity index (χ1v) is 24.1. The summed E-state index contributed by atoms with van der Waals surface area (Å²) in [5.74, 6) is -0.184. The minimum Gasteiger partial charge on any atom is -0.465 e. The van der Waals surface area contributed by atoms with E-state index in [0.29, 0.717) is 6.61 Å². The SMILES string of the molecule is CCCCCCCCCCCCCCCCCCCCCCCCC(N)C(=O)OCCCCCCCCCCCCCCCCCCCCCC. The van der Waals surface area contributed by atoms with Gasteiger partial charge in [0.15, 0.2) is 0 Å². The van der Waals surface area contributed by atoms with Crippen molar-refractivity contribution in [2.24, 2.45) is 5.73 Å². The Morgan fingerprint density at radius 2 is 0.529 bits per heavy atom. The molecule has 0 saturated heterocycles. The molecule has 1 unspecified atom stereocenters. The summed E-state index contributed by atoms with van der Waals surface area (Å²) < 4.78 is 5.48. The van der Waals surface area contributed by atoms with Crippen molar-refractivity contribution >= 4 is 5.97 Å². The molecule has 0 aliphatic carbocycles. The number of hydrogen-bond donors (Lipinski definition) is 1. The molecule has 3 nitrogen and oxygen atoms in total. The van der Waals surface area contributed by atoms with E-state index in [2.05, 4.69) is 13.8 Å². The summed E-state index contributed by atoms with van der Waals surface area (Å²) >= 11 is 0. The molecule has 0 bridgehead atoms. The molecule has 0 amide bonds. The van der Waals surface area contributed by atoms with Crippen molar-refractivity contribution in [3.05, 3.63) is 0 Å². The van der Waals surface area contributed by atoms with Gasteiger partial charge in [0.2, 0.25) is 0 Å². The van der Waals surface area contributed by atoms with Crippen LogP contribution in [0, 0.1) is 0 Å². The Morgan fingerprint density at radius 1 is 0.333 bits per heavy atom. The monoisotopic (exact) mass is 720 g/mol. The van der Waals surface area contributed by atoms with Gasteiger partial charge in [-0.2, -0.15) is 0 Å². The van der Waals surface area contributed by atoms with E-state index in [0.717, 1.165) is 19.3 Å². The number of ether oxygens (including phenoxy) is 1. The number of nitrogens with two attached hydrogens (primary N) is 1. The minimum atomic E-state index is -0.430. The molecule has 1 atom stereocenters. The largest absolute Gasteiger partial charge is 0.465 e. The molecular formula is C48H97NO2. The fourth-order valence-corrected chi connectivity index (χ4v) is 7.73. The highest BCUT2D eigenvalue weighted by molar-refractivity contribution is 5.75. The molecule has 51 heavy (non-hydrogen) atoms. The topological polar surface area (TPSA) is 52.3 Å². The van der Waals surface area contributed by atoms with Crippen molar-refractivity contribution in [1.29, 1.82) is 0 Å². The summed E-state index contributed by atoms with van der Waals surface area (Å²) in [4.78, 5) is 12.2. The molecular weight excluding hydrogens is 623 g/mol. The van der Waals surface area contributed by atoms with Crippen molar-refractivity contribution in [1.82, 2.24) is 0 Å². The summed E-state index contributed by atoms with van der Waals surface area (Å²) in [6.45, 7) is 5.14. The zero-order valence-electron chi connectivity index (χ0n) is 35.6. The van der Waals surface area contributed by atoms with Crippen LogP contribution in [0.1, 0.15) is 290 Å². The Bertz CT molecular complexity index is 637. The van der Waals surface area contributed by atoms with Gasteiger partial charge in [-0.25, -0.2) is 0 Å². The highest BCUT2D eigenvalue weighted by Gasteiger charge is 2.14. The number of rotatable bonds is 45. The maximum Gasteiger partial charge on any atom is 0.322 e. The second-order valence-electron chi connectivity index (χ2n) is 16.7. The molecule has 0 saturated carbocycles. The van der Waals surface area contributed by atoms with Crippen LogP contribution in [-0.4, -0.2) is 18.6 Å². The molecule has 2 N–H and O–H groups in total. The van der Waals surface area contributed by atoms with Crippen molar-refractivity contribution in [3.8, 4) is 0 Å². The van der Waals surface area contributed by atoms with Crippen LogP contribution in [0.4, 0.5) is 0 Å². The van der Waals surface area contributed by atoms with E-state index < -0.39 is 6.04 Å². The van der Waals surface area contributed by atoms with Crippen molar-refractivity contribution in [2.75, 3.05) is 6.61 Å². The predicted octanol–water partition coefficient (Wildman–Crippen LogP) is 16.7. The van der Waals surface area contributed by atoms with Gasteiger partial charge in [0.1, 0.15) is 6.04 Å². The zero-order chi connectivity index (χ0) is 37.0. The van der Waals surface area contributed by atoms with E-state index in [-0.39, 0.29) is 5.97 Å². The lowest BCUT2D eigenvalue weighted by atomic mass is 10.0. The van der Waals surface area contributed by atoms with Gasteiger partial charge in [0.05, 0.1) is 6.61 Å². The highest BCUT2D eigenvalue weighted by Crippen LogP contribution is 2.17. The van der Waals surface area contributed by atoms with Crippen molar-refractivity contribution in [3.63, 3.8) is 0 Å². The number of carbonyl (C=O) groups excluding carboxylic acids is 1. The normalized spacial score (nSPS) is 12.1. The maximum atomic E-state index is 12.2. The average Bonchev–Trinajstić information content (AvgIpc) is 3.14. The summed E-state index contributed by atoms with van der Waals surface area (Å²) in [6.07, 6.45) is 59.1. The van der Waals surface area contributed by atoms with Gasteiger partial charge in [-0.15, -0.1) is 0 Å².